The molecule has 14 nitrogen and oxygen atoms in total. The van der Waals surface area contributed by atoms with E-state index in [2.05, 4.69) is 364 Å². The van der Waals surface area contributed by atoms with Gasteiger partial charge in [-0.1, -0.05) is 285 Å². The van der Waals surface area contributed by atoms with Gasteiger partial charge in [0.25, 0.3) is 0 Å². The van der Waals surface area contributed by atoms with Gasteiger partial charge >= 0.3 is 0 Å². The Morgan fingerprint density at radius 2 is 0.386 bits per heavy atom. The summed E-state index contributed by atoms with van der Waals surface area (Å²) in [6.45, 7) is 60.9. The van der Waals surface area contributed by atoms with Crippen LogP contribution in [0.3, 0.4) is 0 Å². The quantitative estimate of drug-likeness (QED) is 0.0880. The number of nitrogens with zero attached hydrogens (tertiary/aromatic N) is 8. The molecule has 18 heteroatoms. The zero-order chi connectivity index (χ0) is 97.4. The smallest absolute Gasteiger partial charge is 0.148 e. The maximum absolute atomic E-state index is 6.08. The van der Waals surface area contributed by atoms with Crippen LogP contribution in [0.25, 0.3) is 87.2 Å². The van der Waals surface area contributed by atoms with Crippen molar-refractivity contribution in [1.29, 1.82) is 0 Å². The van der Waals surface area contributed by atoms with Gasteiger partial charge in [0.05, 0.1) is 54.2 Å². The van der Waals surface area contributed by atoms with E-state index in [0.717, 1.165) is 93.8 Å². The van der Waals surface area contributed by atoms with E-state index in [9.17, 15) is 0 Å². The van der Waals surface area contributed by atoms with Gasteiger partial charge in [0, 0.05) is 43.1 Å². The number of fused-ring (bicyclic) bond motifs is 8. The van der Waals surface area contributed by atoms with E-state index in [1.165, 1.54) is 103 Å². The highest BCUT2D eigenvalue weighted by molar-refractivity contribution is 6.42. The lowest BCUT2D eigenvalue weighted by atomic mass is 9.86. The van der Waals surface area contributed by atoms with Crippen LogP contribution in [0.4, 0.5) is 34.9 Å². The number of nitrogen functional groups attached to an aromatic ring is 6. The van der Waals surface area contributed by atoms with Crippen LogP contribution in [0.5, 0.6) is 0 Å². The minimum Gasteiger partial charge on any atom is -0.383 e. The largest absolute Gasteiger partial charge is 0.383 e. The zero-order valence-corrected chi connectivity index (χ0v) is 86.0. The van der Waals surface area contributed by atoms with Crippen LogP contribution in [0.15, 0.2) is 194 Å². The van der Waals surface area contributed by atoms with Crippen LogP contribution in [0.1, 0.15) is 282 Å². The lowest BCUT2D eigenvalue weighted by Gasteiger charge is -2.19. The molecule has 0 amide bonds. The first-order valence-electron chi connectivity index (χ1n) is 45.8. The van der Waals surface area contributed by atoms with Gasteiger partial charge in [-0.3, -0.25) is 0 Å². The van der Waals surface area contributed by atoms with E-state index >= 15 is 0 Å². The number of anilines is 6. The Morgan fingerprint density at radius 3 is 0.667 bits per heavy atom. The molecule has 8 aromatic heterocycles. The van der Waals surface area contributed by atoms with Crippen LogP contribution in [-0.2, 0) is 43.3 Å². The van der Waals surface area contributed by atoms with Gasteiger partial charge in [0.1, 0.15) is 45.2 Å². The minimum atomic E-state index is 0.113. The number of halogens is 4. The summed E-state index contributed by atoms with van der Waals surface area (Å²) in [7, 11) is 0. The summed E-state index contributed by atoms with van der Waals surface area (Å²) in [5.74, 6) is 5.23. The van der Waals surface area contributed by atoms with E-state index in [-0.39, 0.29) is 43.3 Å². The summed E-state index contributed by atoms with van der Waals surface area (Å²) in [6.07, 6.45) is 5.04. The highest BCUT2D eigenvalue weighted by atomic mass is 35.5. The molecule has 2 aliphatic rings. The maximum atomic E-state index is 6.08. The summed E-state index contributed by atoms with van der Waals surface area (Å²) in [5, 5.41) is 10.8. The first kappa shape index (κ1) is 102. The van der Waals surface area contributed by atoms with Gasteiger partial charge in [-0.05, 0) is 308 Å². The monoisotopic (exact) mass is 1840 g/mol. The molecule has 0 radical (unpaired) electrons. The number of benzene rings is 8. The van der Waals surface area contributed by atoms with Crippen molar-refractivity contribution < 1.29 is 0 Å². The summed E-state index contributed by atoms with van der Waals surface area (Å²) in [5.41, 5.74) is 61.3. The van der Waals surface area contributed by atoms with Crippen molar-refractivity contribution in [2.75, 3.05) is 34.4 Å². The Morgan fingerprint density at radius 1 is 0.205 bits per heavy atom. The molecule has 8 heterocycles. The van der Waals surface area contributed by atoms with Gasteiger partial charge < -0.3 is 34.4 Å². The second-order valence-corrected chi connectivity index (χ2v) is 45.5. The number of nitrogens with two attached hydrogens (primary N) is 6. The van der Waals surface area contributed by atoms with Crippen molar-refractivity contribution in [3.8, 4) is 0 Å². The average molecular weight is 1850 g/mol. The molecule has 0 unspecified atom stereocenters. The standard InChI is InChI=1S/2C16H20N2.4C14H18N2.2C13H13Cl2N/c1-16(2,3)12-6-7-14-11(8-12)9-13(10-4-5-10)15(17)18-14;1-16(2,3)12-7-6-11-8-13(10-4-5-10)15(17)18-14(11)9-12;2*1-9-7-10-8-11(14(2,3)4)5-6-12(10)16-13(9)15;2*1-9-7-10-5-6-11(14(2,3)4)8-12(10)16-13(9)15;1-13(2,3)9-4-5-11-8(6-9)7-10(14)12(15)16-11;1-13(2,3)9-5-4-8-6-10(14)12(15)16-11(8)7-9/h2*6-10H,4-5H2,1-3H3,(H2,17,18);4*5-8H,1-4H3,(H2,15,16);2*4-7H,1-3H3. The number of pyridine rings is 8. The first-order chi connectivity index (χ1) is 61.2. The van der Waals surface area contributed by atoms with Gasteiger partial charge in [-0.25, -0.2) is 39.9 Å². The molecule has 0 aliphatic heterocycles. The number of rotatable bonds is 2. The zero-order valence-electron chi connectivity index (χ0n) is 83.0. The van der Waals surface area contributed by atoms with E-state index in [4.69, 9.17) is 80.8 Å². The predicted molar refractivity (Wildman–Crippen MR) is 573 cm³/mol. The lowest BCUT2D eigenvalue weighted by molar-refractivity contribution is 0.590. The summed E-state index contributed by atoms with van der Waals surface area (Å²) in [6, 6.07) is 67.6. The molecule has 692 valence electrons. The molecule has 2 saturated carbocycles. The fourth-order valence-electron chi connectivity index (χ4n) is 15.0. The van der Waals surface area contributed by atoms with E-state index in [0.29, 0.717) is 61.3 Å². The van der Waals surface area contributed by atoms with Gasteiger partial charge in [-0.15, -0.1) is 0 Å². The molecule has 132 heavy (non-hydrogen) atoms. The SMILES string of the molecule is CC(C)(C)c1ccc2cc(C3CC3)c(N)nc2c1.CC(C)(C)c1ccc2cc(Cl)c(Cl)nc2c1.CC(C)(C)c1ccc2nc(Cl)c(Cl)cc2c1.CC(C)(C)c1ccc2nc(N)c(C3CC3)cc2c1.Cc1cc2cc(C(C)(C)C)ccc2nc1N.Cc1cc2cc(C(C)(C)C)ccc2nc1N.Cc1cc2ccc(C(C)(C)C)cc2nc1N.Cc1cc2ccc(C(C)(C)C)cc2nc1N. The molecule has 0 spiro atoms. The van der Waals surface area contributed by atoms with Gasteiger partial charge in [0.2, 0.25) is 0 Å². The fourth-order valence-corrected chi connectivity index (χ4v) is 15.6. The van der Waals surface area contributed by atoms with Gasteiger partial charge in [0.15, 0.2) is 0 Å². The normalized spacial score (nSPS) is 13.2. The molecule has 0 saturated heterocycles. The molecule has 8 aromatic carbocycles. The molecule has 0 atom stereocenters. The maximum Gasteiger partial charge on any atom is 0.148 e. The number of aryl methyl sites for hydroxylation is 4. The molecular formula is C114H138Cl4N14. The van der Waals surface area contributed by atoms with Crippen molar-refractivity contribution in [3.63, 3.8) is 0 Å². The Kier molecular flexibility index (Phi) is 30.5. The second-order valence-electron chi connectivity index (χ2n) is 44.0. The van der Waals surface area contributed by atoms with Crippen molar-refractivity contribution in [3.05, 3.63) is 292 Å². The molecule has 0 bridgehead atoms. The van der Waals surface area contributed by atoms with Crippen LogP contribution in [0, 0.1) is 27.7 Å². The van der Waals surface area contributed by atoms with E-state index < -0.39 is 0 Å². The Bertz CT molecular complexity index is 6150. The highest BCUT2D eigenvalue weighted by Gasteiger charge is 2.29. The topological polar surface area (TPSA) is 259 Å². The molecule has 2 aliphatic carbocycles. The minimum absolute atomic E-state index is 0.113. The second kappa shape index (κ2) is 39.7. The first-order valence-corrected chi connectivity index (χ1v) is 47.3. The fraction of sp³-hybridized carbons (Fsp3) is 0.368. The van der Waals surface area contributed by atoms with Crippen LogP contribution in [-0.4, -0.2) is 39.9 Å². The van der Waals surface area contributed by atoms with Crippen molar-refractivity contribution >= 4 is 169 Å². The summed E-state index contributed by atoms with van der Waals surface area (Å²) in [4.78, 5) is 35.2. The van der Waals surface area contributed by atoms with Crippen LogP contribution in [0.2, 0.25) is 20.4 Å². The number of hydrogen-bond donors (Lipinski definition) is 6. The molecule has 2 fully saturated rings. The molecule has 16 aromatic rings. The molecule has 18 rings (SSSR count). The number of aromatic nitrogens is 8. The third kappa shape index (κ3) is 26.3. The van der Waals surface area contributed by atoms with Crippen LogP contribution >= 0.6 is 46.4 Å². The molecule has 12 N–H and O–H groups in total. The third-order valence-corrected chi connectivity index (χ3v) is 25.7. The van der Waals surface area contributed by atoms with Crippen molar-refractivity contribution in [1.82, 2.24) is 39.9 Å². The summed E-state index contributed by atoms with van der Waals surface area (Å²) < 4.78 is 0. The molecular weight excluding hydrogens is 1710 g/mol. The van der Waals surface area contributed by atoms with Crippen molar-refractivity contribution in [2.24, 2.45) is 0 Å². The van der Waals surface area contributed by atoms with Crippen molar-refractivity contribution in [2.45, 2.75) is 275 Å². The highest BCUT2D eigenvalue weighted by Crippen LogP contribution is 2.46. The van der Waals surface area contributed by atoms with E-state index in [1.54, 1.807) is 0 Å². The third-order valence-electron chi connectivity index (χ3n) is 24.4. The average Bonchev–Trinajstić information content (AvgIpc) is 1.60. The lowest BCUT2D eigenvalue weighted by Crippen LogP contribution is -2.11. The number of hydrogen-bond acceptors (Lipinski definition) is 14. The Labute approximate surface area is 804 Å². The summed E-state index contributed by atoms with van der Waals surface area (Å²) >= 11 is 23.7. The van der Waals surface area contributed by atoms with Crippen LogP contribution < -0.4 is 34.4 Å². The van der Waals surface area contributed by atoms with Gasteiger partial charge in [-0.2, -0.15) is 0 Å². The predicted octanol–water partition coefficient (Wildman–Crippen LogP) is 31.4. The Balaban J connectivity index is 0.000000146. The van der Waals surface area contributed by atoms with E-state index in [1.807, 2.05) is 64.1 Å². The Hall–Kier alpha value is -11.0.